The zero-order chi connectivity index (χ0) is 16.6. The summed E-state index contributed by atoms with van der Waals surface area (Å²) in [4.78, 5) is 0. The molecule has 0 spiro atoms. The molecule has 0 fully saturated rings. The van der Waals surface area contributed by atoms with Crippen molar-refractivity contribution in [2.45, 2.75) is 46.0 Å². The highest BCUT2D eigenvalue weighted by Gasteiger charge is 2.23. The second-order valence-electron chi connectivity index (χ2n) is 7.57. The highest BCUT2D eigenvalue weighted by Crippen LogP contribution is 2.38. The van der Waals surface area contributed by atoms with Crippen molar-refractivity contribution in [1.29, 1.82) is 0 Å². The molecule has 0 N–H and O–H groups in total. The van der Waals surface area contributed by atoms with E-state index < -0.39 is 0 Å². The Balaban J connectivity index is 2.28. The van der Waals surface area contributed by atoms with Crippen molar-refractivity contribution in [2.75, 3.05) is 0 Å². The van der Waals surface area contributed by atoms with Gasteiger partial charge in [-0.3, -0.25) is 0 Å². The van der Waals surface area contributed by atoms with Gasteiger partial charge in [0.1, 0.15) is 0 Å². The van der Waals surface area contributed by atoms with Crippen molar-refractivity contribution in [1.82, 2.24) is 0 Å². The first-order chi connectivity index (χ1) is 10.9. The summed E-state index contributed by atoms with van der Waals surface area (Å²) < 4.78 is 0. The minimum absolute atomic E-state index is 0.135. The molecule has 0 bridgehead atoms. The summed E-state index contributed by atoms with van der Waals surface area (Å²) in [6.45, 7) is 11.6. The van der Waals surface area contributed by atoms with E-state index in [1.165, 1.54) is 33.0 Å². The van der Waals surface area contributed by atoms with Crippen LogP contribution in [0.5, 0.6) is 0 Å². The predicted octanol–water partition coefficient (Wildman–Crippen LogP) is 6.60. The van der Waals surface area contributed by atoms with Crippen LogP contribution in [0.25, 0.3) is 10.8 Å². The fraction of sp³-hybridized carbons (Fsp3) is 0.304. The molecule has 0 radical (unpaired) electrons. The molecule has 0 heterocycles. The molecule has 0 amide bonds. The lowest BCUT2D eigenvalue weighted by atomic mass is 9.76. The molecule has 0 aliphatic rings. The maximum atomic E-state index is 2.39. The fourth-order valence-electron chi connectivity index (χ4n) is 3.81. The van der Waals surface area contributed by atoms with Gasteiger partial charge >= 0.3 is 0 Å². The molecule has 3 aromatic carbocycles. The van der Waals surface area contributed by atoms with E-state index in [1.54, 1.807) is 0 Å². The maximum absolute atomic E-state index is 2.39. The monoisotopic (exact) mass is 302 g/mol. The highest BCUT2D eigenvalue weighted by molar-refractivity contribution is 5.89. The molecule has 0 aromatic heterocycles. The van der Waals surface area contributed by atoms with Gasteiger partial charge in [0.25, 0.3) is 0 Å². The second kappa shape index (κ2) is 5.85. The Bertz CT molecular complexity index is 820. The molecule has 1 atom stereocenters. The molecule has 3 rings (SSSR count). The van der Waals surface area contributed by atoms with Crippen LogP contribution >= 0.6 is 0 Å². The van der Waals surface area contributed by atoms with Crippen LogP contribution in [0.2, 0.25) is 0 Å². The Labute approximate surface area is 140 Å². The molecule has 0 heteroatoms. The minimum Gasteiger partial charge on any atom is -0.0622 e. The van der Waals surface area contributed by atoms with Crippen LogP contribution in [0.4, 0.5) is 0 Å². The standard InChI is InChI=1S/C23H26/c1-16(18-11-7-6-8-12-18)21-15-19-13-9-10-14-20(19)22(17(21)2)23(3,4)5/h6-16H,1-5H3. The van der Waals surface area contributed by atoms with Gasteiger partial charge in [0.05, 0.1) is 0 Å². The fourth-order valence-corrected chi connectivity index (χ4v) is 3.81. The normalized spacial score (nSPS) is 13.3. The van der Waals surface area contributed by atoms with Crippen LogP contribution < -0.4 is 0 Å². The number of rotatable bonds is 2. The average Bonchev–Trinajstić information content (AvgIpc) is 2.53. The van der Waals surface area contributed by atoms with Gasteiger partial charge in [0, 0.05) is 5.92 Å². The van der Waals surface area contributed by atoms with Gasteiger partial charge in [-0.25, -0.2) is 0 Å². The molecule has 0 saturated carbocycles. The lowest BCUT2D eigenvalue weighted by Crippen LogP contribution is -2.16. The number of hydrogen-bond acceptors (Lipinski definition) is 0. The zero-order valence-electron chi connectivity index (χ0n) is 14.9. The topological polar surface area (TPSA) is 0 Å². The van der Waals surface area contributed by atoms with Gasteiger partial charge < -0.3 is 0 Å². The molecular formula is C23H26. The van der Waals surface area contributed by atoms with Gasteiger partial charge in [-0.05, 0) is 45.4 Å². The summed E-state index contributed by atoms with van der Waals surface area (Å²) in [6, 6.07) is 22.0. The first-order valence-corrected chi connectivity index (χ1v) is 8.47. The van der Waals surface area contributed by atoms with E-state index in [0.29, 0.717) is 5.92 Å². The Kier molecular flexibility index (Phi) is 4.02. The van der Waals surface area contributed by atoms with E-state index in [9.17, 15) is 0 Å². The summed E-state index contributed by atoms with van der Waals surface area (Å²) in [5, 5.41) is 2.74. The van der Waals surface area contributed by atoms with Crippen LogP contribution in [0.1, 0.15) is 55.9 Å². The summed E-state index contributed by atoms with van der Waals surface area (Å²) >= 11 is 0. The highest BCUT2D eigenvalue weighted by atomic mass is 14.3. The molecule has 0 nitrogen and oxygen atoms in total. The van der Waals surface area contributed by atoms with Crippen molar-refractivity contribution in [3.05, 3.63) is 82.9 Å². The molecule has 0 aliphatic heterocycles. The molecule has 0 aliphatic carbocycles. The lowest BCUT2D eigenvalue weighted by Gasteiger charge is -2.28. The largest absolute Gasteiger partial charge is 0.0622 e. The molecule has 118 valence electrons. The van der Waals surface area contributed by atoms with Crippen LogP contribution in [-0.2, 0) is 5.41 Å². The van der Waals surface area contributed by atoms with Crippen molar-refractivity contribution >= 4 is 10.8 Å². The van der Waals surface area contributed by atoms with Gasteiger partial charge in [-0.1, -0.05) is 88.4 Å². The van der Waals surface area contributed by atoms with Gasteiger partial charge in [0.2, 0.25) is 0 Å². The van der Waals surface area contributed by atoms with E-state index in [4.69, 9.17) is 0 Å². The lowest BCUT2D eigenvalue weighted by molar-refractivity contribution is 0.590. The smallest absolute Gasteiger partial charge is 0.00639 e. The van der Waals surface area contributed by atoms with Crippen molar-refractivity contribution in [2.24, 2.45) is 0 Å². The second-order valence-corrected chi connectivity index (χ2v) is 7.57. The Hall–Kier alpha value is -2.08. The quantitative estimate of drug-likeness (QED) is 0.500. The van der Waals surface area contributed by atoms with Gasteiger partial charge in [-0.2, -0.15) is 0 Å². The zero-order valence-corrected chi connectivity index (χ0v) is 14.9. The summed E-state index contributed by atoms with van der Waals surface area (Å²) in [5.74, 6) is 0.405. The van der Waals surface area contributed by atoms with Crippen molar-refractivity contribution < 1.29 is 0 Å². The van der Waals surface area contributed by atoms with Crippen molar-refractivity contribution in [3.8, 4) is 0 Å². The van der Waals surface area contributed by atoms with E-state index in [2.05, 4.69) is 95.3 Å². The number of benzene rings is 3. The maximum Gasteiger partial charge on any atom is 0.00639 e. The minimum atomic E-state index is 0.135. The molecule has 23 heavy (non-hydrogen) atoms. The number of hydrogen-bond donors (Lipinski definition) is 0. The van der Waals surface area contributed by atoms with Crippen LogP contribution in [0, 0.1) is 6.92 Å². The van der Waals surface area contributed by atoms with Crippen LogP contribution in [0.15, 0.2) is 60.7 Å². The van der Waals surface area contributed by atoms with Crippen molar-refractivity contribution in [3.63, 3.8) is 0 Å². The summed E-state index contributed by atoms with van der Waals surface area (Å²) in [6.07, 6.45) is 0. The van der Waals surface area contributed by atoms with Gasteiger partial charge in [0.15, 0.2) is 0 Å². The van der Waals surface area contributed by atoms with E-state index in [0.717, 1.165) is 0 Å². The first kappa shape index (κ1) is 15.8. The van der Waals surface area contributed by atoms with Crippen LogP contribution in [0.3, 0.4) is 0 Å². The average molecular weight is 302 g/mol. The van der Waals surface area contributed by atoms with E-state index in [-0.39, 0.29) is 5.41 Å². The Morgan fingerprint density at radius 3 is 2.09 bits per heavy atom. The third kappa shape index (κ3) is 2.91. The molecule has 3 aromatic rings. The van der Waals surface area contributed by atoms with E-state index >= 15 is 0 Å². The molecular weight excluding hydrogens is 276 g/mol. The van der Waals surface area contributed by atoms with Crippen LogP contribution in [-0.4, -0.2) is 0 Å². The van der Waals surface area contributed by atoms with E-state index in [1.807, 2.05) is 0 Å². The molecule has 1 unspecified atom stereocenters. The molecule has 0 saturated heterocycles. The Morgan fingerprint density at radius 1 is 0.826 bits per heavy atom. The summed E-state index contributed by atoms with van der Waals surface area (Å²) in [7, 11) is 0. The SMILES string of the molecule is Cc1c(C(C)c2ccccc2)cc2ccccc2c1C(C)(C)C. The summed E-state index contributed by atoms with van der Waals surface area (Å²) in [5.41, 5.74) is 5.88. The first-order valence-electron chi connectivity index (χ1n) is 8.47. The third-order valence-corrected chi connectivity index (χ3v) is 4.87. The number of fused-ring (bicyclic) bond motifs is 1. The Morgan fingerprint density at radius 2 is 1.43 bits per heavy atom. The predicted molar refractivity (Wildman–Crippen MR) is 101 cm³/mol. The third-order valence-electron chi connectivity index (χ3n) is 4.87. The van der Waals surface area contributed by atoms with Gasteiger partial charge in [-0.15, -0.1) is 0 Å².